The minimum Gasteiger partial charge on any atom is -0.372 e. The summed E-state index contributed by atoms with van der Waals surface area (Å²) < 4.78 is 64.3. The second-order valence-corrected chi connectivity index (χ2v) is 6.36. The summed E-state index contributed by atoms with van der Waals surface area (Å²) in [5, 5.41) is 4.76. The smallest absolute Gasteiger partial charge is 0.372 e. The Labute approximate surface area is 121 Å². The van der Waals surface area contributed by atoms with Gasteiger partial charge in [0, 0.05) is 25.3 Å². The van der Waals surface area contributed by atoms with Gasteiger partial charge in [-0.3, -0.25) is 0 Å². The zero-order valence-corrected chi connectivity index (χ0v) is 12.5. The molecule has 0 spiro atoms. The monoisotopic (exact) mass is 329 g/mol. The van der Waals surface area contributed by atoms with Gasteiger partial charge < -0.3 is 9.30 Å². The predicted molar refractivity (Wildman–Crippen MR) is 69.2 cm³/mol. The Balaban J connectivity index is 2.64. The van der Waals surface area contributed by atoms with Crippen LogP contribution in [0.1, 0.15) is 32.0 Å². The average molecular weight is 329 g/mol. The van der Waals surface area contributed by atoms with Gasteiger partial charge in [0.1, 0.15) is 12.4 Å². The minimum atomic E-state index is -4.35. The van der Waals surface area contributed by atoms with Gasteiger partial charge in [0.25, 0.3) is 10.0 Å². The molecule has 1 heterocycles. The van der Waals surface area contributed by atoms with Gasteiger partial charge in [0.2, 0.25) is 0 Å². The molecule has 0 saturated heterocycles. The summed E-state index contributed by atoms with van der Waals surface area (Å²) >= 11 is 0. The van der Waals surface area contributed by atoms with E-state index < -0.39 is 22.8 Å². The Morgan fingerprint density at radius 2 is 2.05 bits per heavy atom. The number of hydrogen-bond acceptors (Lipinski definition) is 4. The van der Waals surface area contributed by atoms with Gasteiger partial charge in [-0.2, -0.15) is 13.2 Å². The molecule has 0 amide bonds. The van der Waals surface area contributed by atoms with Crippen molar-refractivity contribution in [1.29, 1.82) is 0 Å². The molecule has 10 heteroatoms. The Bertz CT molecular complexity index is 567. The van der Waals surface area contributed by atoms with Crippen LogP contribution in [0.3, 0.4) is 0 Å². The summed E-state index contributed by atoms with van der Waals surface area (Å²) in [4.78, 5) is 3.95. The summed E-state index contributed by atoms with van der Waals surface area (Å²) in [5.41, 5.74) is 0. The van der Waals surface area contributed by atoms with E-state index >= 15 is 0 Å². The number of nitrogens with zero attached hydrogens (tertiary/aromatic N) is 2. The van der Waals surface area contributed by atoms with Crippen molar-refractivity contribution in [3.8, 4) is 0 Å². The average Bonchev–Trinajstić information content (AvgIpc) is 2.70. The van der Waals surface area contributed by atoms with Crippen molar-refractivity contribution in [1.82, 2.24) is 9.55 Å². The van der Waals surface area contributed by atoms with Crippen molar-refractivity contribution in [2.45, 2.75) is 43.9 Å². The standard InChI is InChI=1S/C11H18F3N3O3S/c1-8(2)10-16-9(21(15,18)19)6-17(10)4-3-5-20-7-11(12,13)14/h6,8H,3-5,7H2,1-2H3,(H2,15,18,19). The van der Waals surface area contributed by atoms with E-state index in [1.807, 2.05) is 13.8 Å². The van der Waals surface area contributed by atoms with Crippen molar-refractivity contribution in [2.75, 3.05) is 13.2 Å². The molecule has 0 saturated carbocycles. The lowest BCUT2D eigenvalue weighted by Crippen LogP contribution is -2.18. The molecule has 2 N–H and O–H groups in total. The van der Waals surface area contributed by atoms with Crippen molar-refractivity contribution in [2.24, 2.45) is 5.14 Å². The molecular formula is C11H18F3N3O3S. The quantitative estimate of drug-likeness (QED) is 0.770. The van der Waals surface area contributed by atoms with Gasteiger partial charge in [-0.25, -0.2) is 18.5 Å². The van der Waals surface area contributed by atoms with E-state index in [0.717, 1.165) is 0 Å². The first kappa shape index (κ1) is 17.9. The molecule has 0 aliphatic carbocycles. The number of nitrogens with two attached hydrogens (primary N) is 1. The molecular weight excluding hydrogens is 311 g/mol. The molecule has 0 aromatic carbocycles. The number of imidazole rings is 1. The van der Waals surface area contributed by atoms with Crippen LogP contribution in [0.4, 0.5) is 13.2 Å². The van der Waals surface area contributed by atoms with Gasteiger partial charge in [0.05, 0.1) is 0 Å². The first-order chi connectivity index (χ1) is 9.50. The van der Waals surface area contributed by atoms with E-state index in [1.54, 1.807) is 4.57 Å². The summed E-state index contributed by atoms with van der Waals surface area (Å²) in [7, 11) is -3.90. The Hall–Kier alpha value is -1.13. The number of aryl methyl sites for hydroxylation is 1. The van der Waals surface area contributed by atoms with Crippen molar-refractivity contribution >= 4 is 10.0 Å². The van der Waals surface area contributed by atoms with Gasteiger partial charge in [-0.15, -0.1) is 0 Å². The molecule has 0 fully saturated rings. The number of ether oxygens (including phenoxy) is 1. The van der Waals surface area contributed by atoms with Crippen LogP contribution in [0.5, 0.6) is 0 Å². The van der Waals surface area contributed by atoms with E-state index in [0.29, 0.717) is 18.8 Å². The van der Waals surface area contributed by atoms with Gasteiger partial charge in [0.15, 0.2) is 5.03 Å². The number of sulfonamides is 1. The molecule has 0 aliphatic heterocycles. The molecule has 0 aliphatic rings. The third-order valence-electron chi connectivity index (χ3n) is 2.55. The van der Waals surface area contributed by atoms with Crippen LogP contribution in [0.15, 0.2) is 11.2 Å². The maximum Gasteiger partial charge on any atom is 0.411 e. The Kier molecular flexibility index (Phi) is 5.76. The summed E-state index contributed by atoms with van der Waals surface area (Å²) in [6.45, 7) is 2.57. The van der Waals surface area contributed by atoms with E-state index in [1.165, 1.54) is 6.20 Å². The Morgan fingerprint density at radius 1 is 1.43 bits per heavy atom. The van der Waals surface area contributed by atoms with Crippen molar-refractivity contribution < 1.29 is 26.3 Å². The first-order valence-electron chi connectivity index (χ1n) is 6.25. The zero-order valence-electron chi connectivity index (χ0n) is 11.7. The van der Waals surface area contributed by atoms with Crippen molar-refractivity contribution in [3.63, 3.8) is 0 Å². The van der Waals surface area contributed by atoms with Crippen LogP contribution in [0, 0.1) is 0 Å². The molecule has 0 radical (unpaired) electrons. The van der Waals surface area contributed by atoms with Gasteiger partial charge in [-0.05, 0) is 6.42 Å². The fourth-order valence-corrected chi connectivity index (χ4v) is 2.20. The van der Waals surface area contributed by atoms with Crippen LogP contribution < -0.4 is 5.14 Å². The van der Waals surface area contributed by atoms with E-state index in [2.05, 4.69) is 9.72 Å². The lowest BCUT2D eigenvalue weighted by molar-refractivity contribution is -0.174. The second kappa shape index (κ2) is 6.75. The number of aromatic nitrogens is 2. The minimum absolute atomic E-state index is 0.0448. The molecule has 0 bridgehead atoms. The van der Waals surface area contributed by atoms with E-state index in [9.17, 15) is 21.6 Å². The normalized spacial score (nSPS) is 13.1. The van der Waals surface area contributed by atoms with E-state index in [4.69, 9.17) is 5.14 Å². The van der Waals surface area contributed by atoms with Crippen LogP contribution in [-0.2, 0) is 21.3 Å². The van der Waals surface area contributed by atoms with E-state index in [-0.39, 0.29) is 17.6 Å². The van der Waals surface area contributed by atoms with Crippen LogP contribution in [0.25, 0.3) is 0 Å². The SMILES string of the molecule is CC(C)c1nc(S(N)(=O)=O)cn1CCCOCC(F)(F)F. The number of halogens is 3. The predicted octanol–water partition coefficient (Wildman–Crippen LogP) is 1.62. The first-order valence-corrected chi connectivity index (χ1v) is 7.79. The Morgan fingerprint density at radius 3 is 2.52 bits per heavy atom. The summed E-state index contributed by atoms with van der Waals surface area (Å²) in [6, 6.07) is 0. The van der Waals surface area contributed by atoms with Gasteiger partial charge in [-0.1, -0.05) is 13.8 Å². The summed E-state index contributed by atoms with van der Waals surface area (Å²) in [5.74, 6) is 0.464. The fourth-order valence-electron chi connectivity index (χ4n) is 1.71. The highest BCUT2D eigenvalue weighted by Gasteiger charge is 2.27. The molecule has 21 heavy (non-hydrogen) atoms. The maximum atomic E-state index is 11.9. The zero-order chi connectivity index (χ0) is 16.3. The number of alkyl halides is 3. The molecule has 122 valence electrons. The van der Waals surface area contributed by atoms with Gasteiger partial charge >= 0.3 is 6.18 Å². The molecule has 1 aromatic rings. The summed E-state index contributed by atoms with van der Waals surface area (Å²) in [6.07, 6.45) is -2.76. The number of hydrogen-bond donors (Lipinski definition) is 1. The van der Waals surface area contributed by atoms with Crippen LogP contribution in [-0.4, -0.2) is 37.4 Å². The molecule has 6 nitrogen and oxygen atoms in total. The van der Waals surface area contributed by atoms with Crippen molar-refractivity contribution in [3.05, 3.63) is 12.0 Å². The molecule has 0 unspecified atom stereocenters. The molecule has 0 atom stereocenters. The van der Waals surface area contributed by atoms with Crippen LogP contribution in [0.2, 0.25) is 0 Å². The third kappa shape index (κ3) is 6.02. The fraction of sp³-hybridized carbons (Fsp3) is 0.727. The highest BCUT2D eigenvalue weighted by Crippen LogP contribution is 2.17. The topological polar surface area (TPSA) is 87.2 Å². The largest absolute Gasteiger partial charge is 0.411 e. The highest BCUT2D eigenvalue weighted by molar-refractivity contribution is 7.89. The lowest BCUT2D eigenvalue weighted by atomic mass is 10.2. The second-order valence-electron chi connectivity index (χ2n) is 4.85. The third-order valence-corrected chi connectivity index (χ3v) is 3.33. The highest BCUT2D eigenvalue weighted by atomic mass is 32.2. The lowest BCUT2D eigenvalue weighted by Gasteiger charge is -2.11. The number of primary sulfonamides is 1. The molecule has 1 rings (SSSR count). The van der Waals surface area contributed by atoms with Crippen LogP contribution >= 0.6 is 0 Å². The molecule has 1 aromatic heterocycles. The number of rotatable bonds is 7. The maximum absolute atomic E-state index is 11.9.